The minimum Gasteiger partial charge on any atom is -0.490 e. The third kappa shape index (κ3) is 4.48. The number of ether oxygens (including phenoxy) is 1. The summed E-state index contributed by atoms with van der Waals surface area (Å²) in [4.78, 5) is 26.2. The van der Waals surface area contributed by atoms with Crippen molar-refractivity contribution in [3.05, 3.63) is 47.9 Å². The van der Waals surface area contributed by atoms with E-state index in [0.29, 0.717) is 23.7 Å². The Morgan fingerprint density at radius 2 is 1.85 bits per heavy atom. The Balaban J connectivity index is 1.24. The number of nitrogens with one attached hydrogen (secondary N) is 1. The van der Waals surface area contributed by atoms with Crippen LogP contribution in [0.15, 0.2) is 41.1 Å². The number of carbonyl (C=O) groups is 2. The molecule has 2 fully saturated rings. The summed E-state index contributed by atoms with van der Waals surface area (Å²) in [6, 6.07) is 8.83. The number of rotatable bonds is 6. The van der Waals surface area contributed by atoms with E-state index in [1.807, 2.05) is 17.0 Å². The zero-order valence-corrected chi connectivity index (χ0v) is 15.1. The third-order valence-corrected chi connectivity index (χ3v) is 5.02. The van der Waals surface area contributed by atoms with Gasteiger partial charge in [0.05, 0.1) is 6.54 Å². The highest BCUT2D eigenvalue weighted by molar-refractivity contribution is 5.94. The Bertz CT molecular complexity index is 776. The first-order valence-electron chi connectivity index (χ1n) is 9.42. The van der Waals surface area contributed by atoms with Crippen LogP contribution in [0.25, 0.3) is 0 Å². The highest BCUT2D eigenvalue weighted by Crippen LogP contribution is 2.32. The number of carbonyl (C=O) groups excluding carboxylic acids is 2. The van der Waals surface area contributed by atoms with Gasteiger partial charge in [0, 0.05) is 43.5 Å². The molecule has 7 nitrogen and oxygen atoms in total. The van der Waals surface area contributed by atoms with Gasteiger partial charge in [0.1, 0.15) is 23.8 Å². The minimum absolute atomic E-state index is 0.111. The van der Waals surface area contributed by atoms with Crippen molar-refractivity contribution in [2.24, 2.45) is 5.92 Å². The molecule has 0 radical (unpaired) electrons. The molecule has 1 saturated heterocycles. The molecule has 2 heterocycles. The molecule has 142 valence electrons. The average Bonchev–Trinajstić information content (AvgIpc) is 3.42. The normalized spacial score (nSPS) is 17.6. The Hall–Kier alpha value is -2.83. The number of benzene rings is 1. The summed E-state index contributed by atoms with van der Waals surface area (Å²) >= 11 is 0. The fourth-order valence-corrected chi connectivity index (χ4v) is 3.26. The molecule has 1 saturated carbocycles. The minimum atomic E-state index is -0.170. The van der Waals surface area contributed by atoms with Crippen molar-refractivity contribution >= 4 is 11.8 Å². The molecule has 1 aliphatic heterocycles. The fraction of sp³-hybridized carbons (Fsp3) is 0.450. The molecule has 1 aliphatic carbocycles. The van der Waals surface area contributed by atoms with Crippen molar-refractivity contribution in [2.45, 2.75) is 38.3 Å². The molecule has 1 aromatic heterocycles. The average molecular weight is 369 g/mol. The second kappa shape index (κ2) is 7.82. The molecule has 1 aromatic carbocycles. The first kappa shape index (κ1) is 17.6. The largest absolute Gasteiger partial charge is 0.490 e. The number of amides is 2. The zero-order valence-electron chi connectivity index (χ0n) is 15.1. The van der Waals surface area contributed by atoms with Crippen LogP contribution < -0.4 is 10.1 Å². The van der Waals surface area contributed by atoms with Crippen molar-refractivity contribution in [3.8, 4) is 5.75 Å². The highest BCUT2D eigenvalue weighted by atomic mass is 16.5. The van der Waals surface area contributed by atoms with Crippen LogP contribution in [-0.4, -0.2) is 41.1 Å². The van der Waals surface area contributed by atoms with Gasteiger partial charge in [0.25, 0.3) is 5.91 Å². The van der Waals surface area contributed by atoms with Crippen LogP contribution in [0, 0.1) is 5.92 Å². The molecule has 0 atom stereocenters. The standard InChI is InChI=1S/C20H23N3O4/c24-19(21-13-16-9-12-26-22-16)14-3-5-17(6-4-14)27-18-7-10-23(11-8-18)20(25)15-1-2-15/h3-6,9,12,15,18H,1-2,7-8,10-11,13H2,(H,21,24). The van der Waals surface area contributed by atoms with E-state index in [9.17, 15) is 9.59 Å². The van der Waals surface area contributed by atoms with Gasteiger partial charge in [-0.2, -0.15) is 0 Å². The predicted molar refractivity (Wildman–Crippen MR) is 97.1 cm³/mol. The quantitative estimate of drug-likeness (QED) is 0.845. The molecule has 0 unspecified atom stereocenters. The van der Waals surface area contributed by atoms with Gasteiger partial charge in [-0.3, -0.25) is 9.59 Å². The van der Waals surface area contributed by atoms with Crippen LogP contribution in [0.1, 0.15) is 41.7 Å². The van der Waals surface area contributed by atoms with E-state index in [1.54, 1.807) is 18.2 Å². The van der Waals surface area contributed by atoms with E-state index in [2.05, 4.69) is 10.5 Å². The molecule has 7 heteroatoms. The molecule has 1 N–H and O–H groups in total. The van der Waals surface area contributed by atoms with E-state index in [4.69, 9.17) is 9.26 Å². The Labute approximate surface area is 157 Å². The van der Waals surface area contributed by atoms with E-state index >= 15 is 0 Å². The van der Waals surface area contributed by atoms with Crippen molar-refractivity contribution in [2.75, 3.05) is 13.1 Å². The lowest BCUT2D eigenvalue weighted by Gasteiger charge is -2.32. The summed E-state index contributed by atoms with van der Waals surface area (Å²) in [5.41, 5.74) is 1.24. The lowest BCUT2D eigenvalue weighted by molar-refractivity contribution is -0.134. The number of aromatic nitrogens is 1. The summed E-state index contributed by atoms with van der Waals surface area (Å²) < 4.78 is 10.8. The fourth-order valence-electron chi connectivity index (χ4n) is 3.26. The smallest absolute Gasteiger partial charge is 0.251 e. The van der Waals surface area contributed by atoms with Crippen molar-refractivity contribution in [1.29, 1.82) is 0 Å². The Morgan fingerprint density at radius 1 is 1.11 bits per heavy atom. The molecule has 2 aliphatic rings. The summed E-state index contributed by atoms with van der Waals surface area (Å²) in [6.07, 6.45) is 5.37. The first-order chi connectivity index (χ1) is 13.2. The maximum Gasteiger partial charge on any atom is 0.251 e. The number of likely N-dealkylation sites (tertiary alicyclic amines) is 1. The molecule has 4 rings (SSSR count). The van der Waals surface area contributed by atoms with Gasteiger partial charge in [0.15, 0.2) is 0 Å². The monoisotopic (exact) mass is 369 g/mol. The van der Waals surface area contributed by atoms with Gasteiger partial charge < -0.3 is 19.5 Å². The molecule has 2 aromatic rings. The lowest BCUT2D eigenvalue weighted by atomic mass is 10.1. The van der Waals surface area contributed by atoms with Crippen LogP contribution in [0.4, 0.5) is 0 Å². The summed E-state index contributed by atoms with van der Waals surface area (Å²) in [5, 5.41) is 6.55. The maximum absolute atomic E-state index is 12.2. The number of hydrogen-bond acceptors (Lipinski definition) is 5. The van der Waals surface area contributed by atoms with Crippen LogP contribution in [0.2, 0.25) is 0 Å². The topological polar surface area (TPSA) is 84.7 Å². The van der Waals surface area contributed by atoms with Crippen LogP contribution in [0.5, 0.6) is 5.75 Å². The summed E-state index contributed by atoms with van der Waals surface area (Å²) in [7, 11) is 0. The van der Waals surface area contributed by atoms with E-state index in [0.717, 1.165) is 44.5 Å². The Morgan fingerprint density at radius 3 is 2.48 bits per heavy atom. The van der Waals surface area contributed by atoms with E-state index in [-0.39, 0.29) is 17.9 Å². The van der Waals surface area contributed by atoms with E-state index < -0.39 is 0 Å². The molecule has 0 spiro atoms. The van der Waals surface area contributed by atoms with Crippen molar-refractivity contribution < 1.29 is 18.8 Å². The molecular formula is C20H23N3O4. The maximum atomic E-state index is 12.2. The van der Waals surface area contributed by atoms with Crippen molar-refractivity contribution in [3.63, 3.8) is 0 Å². The molecular weight excluding hydrogens is 346 g/mol. The zero-order chi connectivity index (χ0) is 18.6. The number of piperidine rings is 1. The van der Waals surface area contributed by atoms with Gasteiger partial charge >= 0.3 is 0 Å². The van der Waals surface area contributed by atoms with E-state index in [1.165, 1.54) is 6.26 Å². The van der Waals surface area contributed by atoms with Gasteiger partial charge in [-0.1, -0.05) is 5.16 Å². The van der Waals surface area contributed by atoms with Gasteiger partial charge in [-0.05, 0) is 37.1 Å². The van der Waals surface area contributed by atoms with Crippen molar-refractivity contribution in [1.82, 2.24) is 15.4 Å². The highest BCUT2D eigenvalue weighted by Gasteiger charge is 2.35. The molecule has 2 amide bonds. The SMILES string of the molecule is O=C(NCc1ccon1)c1ccc(OC2CCN(C(=O)C3CC3)CC2)cc1. The second-order valence-electron chi connectivity index (χ2n) is 7.11. The lowest BCUT2D eigenvalue weighted by Crippen LogP contribution is -2.42. The summed E-state index contributed by atoms with van der Waals surface area (Å²) in [5.74, 6) is 1.17. The van der Waals surface area contributed by atoms with Gasteiger partial charge in [-0.15, -0.1) is 0 Å². The Kier molecular flexibility index (Phi) is 5.09. The molecule has 27 heavy (non-hydrogen) atoms. The van der Waals surface area contributed by atoms with Crippen LogP contribution in [-0.2, 0) is 11.3 Å². The second-order valence-corrected chi connectivity index (χ2v) is 7.11. The first-order valence-corrected chi connectivity index (χ1v) is 9.42. The number of nitrogens with zero attached hydrogens (tertiary/aromatic N) is 2. The van der Waals surface area contributed by atoms with Crippen LogP contribution >= 0.6 is 0 Å². The van der Waals surface area contributed by atoms with Gasteiger partial charge in [-0.25, -0.2) is 0 Å². The third-order valence-electron chi connectivity index (χ3n) is 5.02. The number of hydrogen-bond donors (Lipinski definition) is 1. The summed E-state index contributed by atoms with van der Waals surface area (Å²) in [6.45, 7) is 1.86. The van der Waals surface area contributed by atoms with Gasteiger partial charge in [0.2, 0.25) is 5.91 Å². The van der Waals surface area contributed by atoms with Crippen LogP contribution in [0.3, 0.4) is 0 Å². The predicted octanol–water partition coefficient (Wildman–Crippen LogP) is 2.38. The molecule has 0 bridgehead atoms.